The summed E-state index contributed by atoms with van der Waals surface area (Å²) >= 11 is 1.37. The quantitative estimate of drug-likeness (QED) is 0.147. The number of likely N-dealkylation sites (N-methyl/N-ethyl adjacent to an activating group) is 1. The smallest absolute Gasteiger partial charge is 0.307 e. The van der Waals surface area contributed by atoms with Crippen molar-refractivity contribution < 1.29 is 28.7 Å². The van der Waals surface area contributed by atoms with Crippen LogP contribution in [0.5, 0.6) is 0 Å². The van der Waals surface area contributed by atoms with E-state index in [1.165, 1.54) is 16.2 Å². The monoisotopic (exact) mass is 607 g/mol. The number of carbonyl (C=O) groups excluding carboxylic acids is 5. The molecule has 0 saturated carbocycles. The largest absolute Gasteiger partial charge is 0.444 e. The normalized spacial score (nSPS) is 17.5. The maximum absolute atomic E-state index is 13.8. The molecule has 1 saturated heterocycles. The molecule has 1 fully saturated rings. The first-order valence-corrected chi connectivity index (χ1v) is 16.1. The highest BCUT2D eigenvalue weighted by Crippen LogP contribution is 2.18. The number of nitrogens with one attached hydrogen (secondary N) is 2. The molecular formula is C30H49N5O6S. The van der Waals surface area contributed by atoms with Crippen LogP contribution in [0, 0.1) is 11.8 Å². The number of ether oxygens (including phenoxy) is 1. The molecule has 4 atom stereocenters. The number of aromatic nitrogens is 1. The minimum atomic E-state index is -0.736. The molecule has 2 N–H and O–H groups in total. The third-order valence-corrected chi connectivity index (χ3v) is 8.63. The number of aldehydes is 1. The standard InChI is InChI=1S/C30H49N5O6S/c1-6-11-26(37)41-20-35(17-10-13-25-32-23(19-42-25)28(38)31-15-14-21(3)18-36)30(40)27(22(4)7-2)33-29(39)24-12-8-9-16-34(24)5/h18-19,21-22,24,27H,6-17,20H2,1-5H3,(H,31,38)(H,33,39). The van der Waals surface area contributed by atoms with Crippen LogP contribution in [0.3, 0.4) is 0 Å². The van der Waals surface area contributed by atoms with Crippen molar-refractivity contribution in [3.05, 3.63) is 16.1 Å². The number of piperidine rings is 1. The van der Waals surface area contributed by atoms with Crippen LogP contribution in [0.4, 0.5) is 0 Å². The predicted octanol–water partition coefficient (Wildman–Crippen LogP) is 3.18. The van der Waals surface area contributed by atoms with Gasteiger partial charge in [-0.3, -0.25) is 24.1 Å². The second-order valence-electron chi connectivity index (χ2n) is 11.2. The lowest BCUT2D eigenvalue weighted by atomic mass is 9.96. The molecule has 0 bridgehead atoms. The van der Waals surface area contributed by atoms with Gasteiger partial charge >= 0.3 is 5.97 Å². The summed E-state index contributed by atoms with van der Waals surface area (Å²) in [7, 11) is 1.94. The number of likely N-dealkylation sites (tertiary alicyclic amines) is 1. The Labute approximate surface area is 254 Å². The summed E-state index contributed by atoms with van der Waals surface area (Å²) in [6, 6.07) is -1.00. The molecule has 1 aromatic rings. The maximum atomic E-state index is 13.8. The second kappa shape index (κ2) is 18.6. The minimum Gasteiger partial charge on any atom is -0.444 e. The van der Waals surface area contributed by atoms with E-state index < -0.39 is 6.04 Å². The van der Waals surface area contributed by atoms with Crippen LogP contribution in [-0.4, -0.2) is 90.3 Å². The SMILES string of the molecule is CCCC(=O)OCN(CCCc1nc(C(=O)NCCC(C)C=O)cs1)C(=O)C(NC(=O)C1CCCCN1C)C(C)CC. The van der Waals surface area contributed by atoms with Gasteiger partial charge in [0.05, 0.1) is 11.0 Å². The van der Waals surface area contributed by atoms with Gasteiger partial charge in [-0.15, -0.1) is 11.3 Å². The molecule has 0 spiro atoms. The molecule has 2 heterocycles. The van der Waals surface area contributed by atoms with Crippen LogP contribution in [-0.2, 0) is 30.3 Å². The lowest BCUT2D eigenvalue weighted by Gasteiger charge is -2.35. The first kappa shape index (κ1) is 35.3. The number of aryl methyl sites for hydroxylation is 1. The van der Waals surface area contributed by atoms with Gasteiger partial charge in [0.15, 0.2) is 6.73 Å². The van der Waals surface area contributed by atoms with Crippen LogP contribution < -0.4 is 10.6 Å². The average Bonchev–Trinajstić information content (AvgIpc) is 3.46. The molecule has 1 aromatic heterocycles. The van der Waals surface area contributed by atoms with Crippen molar-refractivity contribution in [2.45, 2.75) is 97.6 Å². The number of hydrogen-bond acceptors (Lipinski definition) is 9. The Hall–Kier alpha value is -2.86. The number of rotatable bonds is 18. The summed E-state index contributed by atoms with van der Waals surface area (Å²) in [6.07, 6.45) is 6.87. The Kier molecular flexibility index (Phi) is 15.7. The predicted molar refractivity (Wildman–Crippen MR) is 162 cm³/mol. The van der Waals surface area contributed by atoms with E-state index in [0.717, 1.165) is 37.1 Å². The van der Waals surface area contributed by atoms with E-state index >= 15 is 0 Å². The van der Waals surface area contributed by atoms with Gasteiger partial charge in [-0.05, 0) is 51.6 Å². The van der Waals surface area contributed by atoms with Gasteiger partial charge in [-0.25, -0.2) is 4.98 Å². The third kappa shape index (κ3) is 11.4. The number of carbonyl (C=O) groups is 5. The number of nitrogens with zero attached hydrogens (tertiary/aromatic N) is 3. The summed E-state index contributed by atoms with van der Waals surface area (Å²) in [6.45, 7) is 8.96. The van der Waals surface area contributed by atoms with E-state index in [2.05, 4.69) is 15.6 Å². The summed E-state index contributed by atoms with van der Waals surface area (Å²) in [5.74, 6) is -1.31. The van der Waals surface area contributed by atoms with E-state index in [0.29, 0.717) is 50.9 Å². The van der Waals surface area contributed by atoms with Gasteiger partial charge in [0.1, 0.15) is 18.0 Å². The molecule has 2 rings (SSSR count). The highest BCUT2D eigenvalue weighted by molar-refractivity contribution is 7.09. The molecule has 0 radical (unpaired) electrons. The fraction of sp³-hybridized carbons (Fsp3) is 0.733. The minimum absolute atomic E-state index is 0.112. The van der Waals surface area contributed by atoms with Gasteiger partial charge in [0.2, 0.25) is 11.8 Å². The van der Waals surface area contributed by atoms with E-state index in [1.54, 1.807) is 12.3 Å². The van der Waals surface area contributed by atoms with Crippen LogP contribution in [0.1, 0.15) is 94.6 Å². The van der Waals surface area contributed by atoms with Gasteiger partial charge in [0.25, 0.3) is 5.91 Å². The topological polar surface area (TPSA) is 138 Å². The number of hydrogen-bond donors (Lipinski definition) is 2. The maximum Gasteiger partial charge on any atom is 0.307 e. The molecule has 1 aliphatic heterocycles. The fourth-order valence-electron chi connectivity index (χ4n) is 4.72. The number of amides is 3. The summed E-state index contributed by atoms with van der Waals surface area (Å²) in [5.41, 5.74) is 0.322. The van der Waals surface area contributed by atoms with Crippen molar-refractivity contribution >= 4 is 41.3 Å². The van der Waals surface area contributed by atoms with Crippen molar-refractivity contribution in [1.29, 1.82) is 0 Å². The summed E-state index contributed by atoms with van der Waals surface area (Å²) < 4.78 is 5.43. The molecular weight excluding hydrogens is 558 g/mol. The molecule has 11 nitrogen and oxygen atoms in total. The van der Waals surface area contributed by atoms with Crippen molar-refractivity contribution in [1.82, 2.24) is 25.4 Å². The van der Waals surface area contributed by atoms with Crippen LogP contribution in [0.15, 0.2) is 5.38 Å². The Morgan fingerprint density at radius 3 is 2.67 bits per heavy atom. The van der Waals surface area contributed by atoms with Crippen LogP contribution in [0.25, 0.3) is 0 Å². The molecule has 3 amide bonds. The first-order valence-electron chi connectivity index (χ1n) is 15.2. The first-order chi connectivity index (χ1) is 20.1. The van der Waals surface area contributed by atoms with Crippen LogP contribution >= 0.6 is 11.3 Å². The Balaban J connectivity index is 2.06. The van der Waals surface area contributed by atoms with Crippen molar-refractivity contribution in [3.63, 3.8) is 0 Å². The van der Waals surface area contributed by atoms with Gasteiger partial charge in [-0.1, -0.05) is 40.5 Å². The van der Waals surface area contributed by atoms with E-state index in [9.17, 15) is 24.0 Å². The van der Waals surface area contributed by atoms with Crippen molar-refractivity contribution in [2.75, 3.05) is 33.4 Å². The number of esters is 1. The number of thiazole rings is 1. The Morgan fingerprint density at radius 2 is 2.00 bits per heavy atom. The van der Waals surface area contributed by atoms with Crippen LogP contribution in [0.2, 0.25) is 0 Å². The summed E-state index contributed by atoms with van der Waals surface area (Å²) in [5, 5.41) is 8.26. The Bertz CT molecular complexity index is 1030. The van der Waals surface area contributed by atoms with Gasteiger partial charge in [0, 0.05) is 37.2 Å². The van der Waals surface area contributed by atoms with Gasteiger partial charge in [-0.2, -0.15) is 0 Å². The Morgan fingerprint density at radius 1 is 1.24 bits per heavy atom. The highest BCUT2D eigenvalue weighted by atomic mass is 32.1. The molecule has 1 aliphatic rings. The van der Waals surface area contributed by atoms with Gasteiger partial charge < -0.3 is 25.1 Å². The zero-order valence-corrected chi connectivity index (χ0v) is 26.7. The lowest BCUT2D eigenvalue weighted by molar-refractivity contribution is -0.155. The van der Waals surface area contributed by atoms with E-state index in [-0.39, 0.29) is 54.7 Å². The molecule has 12 heteroatoms. The lowest BCUT2D eigenvalue weighted by Crippen LogP contribution is -2.57. The average molecular weight is 608 g/mol. The zero-order valence-electron chi connectivity index (χ0n) is 25.9. The third-order valence-electron chi connectivity index (χ3n) is 7.72. The van der Waals surface area contributed by atoms with Crippen molar-refractivity contribution in [3.8, 4) is 0 Å². The summed E-state index contributed by atoms with van der Waals surface area (Å²) in [4.78, 5) is 70.3. The second-order valence-corrected chi connectivity index (χ2v) is 12.2. The highest BCUT2D eigenvalue weighted by Gasteiger charge is 2.34. The zero-order chi connectivity index (χ0) is 31.1. The molecule has 0 aromatic carbocycles. The van der Waals surface area contributed by atoms with E-state index in [4.69, 9.17) is 4.74 Å². The van der Waals surface area contributed by atoms with E-state index in [1.807, 2.05) is 32.7 Å². The van der Waals surface area contributed by atoms with Crippen molar-refractivity contribution in [2.24, 2.45) is 11.8 Å². The molecule has 4 unspecified atom stereocenters. The molecule has 42 heavy (non-hydrogen) atoms. The molecule has 236 valence electrons. The molecule has 0 aliphatic carbocycles. The fourth-order valence-corrected chi connectivity index (χ4v) is 5.54.